The number of amides is 2. The number of hydrogen-bond donors (Lipinski definition) is 2. The summed E-state index contributed by atoms with van der Waals surface area (Å²) in [6.07, 6.45) is 3.02. The molecule has 0 fully saturated rings. The Hall–Kier alpha value is -3.25. The van der Waals surface area contributed by atoms with Gasteiger partial charge in [0.05, 0.1) is 10.7 Å². The summed E-state index contributed by atoms with van der Waals surface area (Å²) in [7, 11) is 0. The topological polar surface area (TPSA) is 71.1 Å². The molecule has 27 heavy (non-hydrogen) atoms. The molecule has 2 amide bonds. The molecule has 0 spiro atoms. The third-order valence-electron chi connectivity index (χ3n) is 3.77. The zero-order chi connectivity index (χ0) is 19.1. The summed E-state index contributed by atoms with van der Waals surface area (Å²) in [5, 5.41) is 8.40. The molecule has 1 aromatic heterocycles. The Morgan fingerprint density at radius 2 is 1.70 bits per heavy atom. The zero-order valence-electron chi connectivity index (χ0n) is 14.8. The summed E-state index contributed by atoms with van der Waals surface area (Å²) in [5.41, 5.74) is 2.10. The molecule has 1 unspecified atom stereocenters. The van der Waals surface area contributed by atoms with Gasteiger partial charge < -0.3 is 10.6 Å². The molecule has 6 heteroatoms. The predicted molar refractivity (Wildman–Crippen MR) is 108 cm³/mol. The van der Waals surface area contributed by atoms with E-state index in [-0.39, 0.29) is 11.8 Å². The summed E-state index contributed by atoms with van der Waals surface area (Å²) in [6, 6.07) is 17.5. The van der Waals surface area contributed by atoms with Gasteiger partial charge in [0.15, 0.2) is 0 Å². The van der Waals surface area contributed by atoms with Crippen molar-refractivity contribution in [2.75, 3.05) is 5.32 Å². The van der Waals surface area contributed by atoms with Crippen LogP contribution in [0, 0.1) is 6.92 Å². The number of anilines is 1. The molecule has 3 rings (SSSR count). The van der Waals surface area contributed by atoms with Crippen molar-refractivity contribution in [3.63, 3.8) is 0 Å². The molecule has 3 aromatic rings. The monoisotopic (exact) mass is 377 g/mol. The van der Waals surface area contributed by atoms with Gasteiger partial charge in [-0.25, -0.2) is 4.98 Å². The van der Waals surface area contributed by atoms with Crippen LogP contribution in [-0.4, -0.2) is 16.8 Å². The van der Waals surface area contributed by atoms with E-state index in [1.807, 2.05) is 60.8 Å². The molecule has 0 saturated heterocycles. The standard InChI is InChI=1S/C21H19N3O2S/c1-15-22-18(14-27-15)12-13-19(25)24-20(16-8-4-2-5-9-16)21(26)23-17-10-6-3-7-11-17/h2-14,20H,1H3,(H,23,26)(H,24,25)/b13-12+. The van der Waals surface area contributed by atoms with Gasteiger partial charge in [0, 0.05) is 17.1 Å². The molecule has 0 aliphatic heterocycles. The van der Waals surface area contributed by atoms with Crippen molar-refractivity contribution >= 4 is 34.9 Å². The van der Waals surface area contributed by atoms with Crippen LogP contribution in [0.1, 0.15) is 22.3 Å². The molecule has 2 N–H and O–H groups in total. The quantitative estimate of drug-likeness (QED) is 0.639. The molecule has 136 valence electrons. The first-order valence-corrected chi connectivity index (χ1v) is 9.31. The number of carbonyl (C=O) groups excluding carboxylic acids is 2. The second-order valence-corrected chi connectivity index (χ2v) is 6.89. The maximum absolute atomic E-state index is 12.8. The van der Waals surface area contributed by atoms with E-state index in [0.29, 0.717) is 11.3 Å². The van der Waals surface area contributed by atoms with E-state index in [1.165, 1.54) is 17.4 Å². The molecular formula is C21H19N3O2S. The van der Waals surface area contributed by atoms with Gasteiger partial charge in [0.25, 0.3) is 5.91 Å². The predicted octanol–water partition coefficient (Wildman–Crippen LogP) is 3.96. The Labute approximate surface area is 161 Å². The molecule has 1 heterocycles. The summed E-state index contributed by atoms with van der Waals surface area (Å²) < 4.78 is 0. The van der Waals surface area contributed by atoms with Crippen LogP contribution in [0.25, 0.3) is 6.08 Å². The van der Waals surface area contributed by atoms with Crippen molar-refractivity contribution in [2.45, 2.75) is 13.0 Å². The zero-order valence-corrected chi connectivity index (χ0v) is 15.6. The van der Waals surface area contributed by atoms with E-state index in [9.17, 15) is 9.59 Å². The number of hydrogen-bond acceptors (Lipinski definition) is 4. The van der Waals surface area contributed by atoms with E-state index < -0.39 is 6.04 Å². The molecule has 5 nitrogen and oxygen atoms in total. The normalized spacial score (nSPS) is 11.9. The van der Waals surface area contributed by atoms with E-state index in [2.05, 4.69) is 15.6 Å². The van der Waals surface area contributed by atoms with Crippen LogP contribution in [0.4, 0.5) is 5.69 Å². The molecule has 2 aromatic carbocycles. The van der Waals surface area contributed by atoms with Crippen LogP contribution >= 0.6 is 11.3 Å². The van der Waals surface area contributed by atoms with Crippen LogP contribution in [0.2, 0.25) is 0 Å². The highest BCUT2D eigenvalue weighted by atomic mass is 32.1. The van der Waals surface area contributed by atoms with Crippen molar-refractivity contribution in [3.8, 4) is 0 Å². The van der Waals surface area contributed by atoms with Gasteiger partial charge in [0.2, 0.25) is 5.91 Å². The maximum atomic E-state index is 12.8. The summed E-state index contributed by atoms with van der Waals surface area (Å²) in [6.45, 7) is 1.90. The van der Waals surface area contributed by atoms with Gasteiger partial charge in [-0.15, -0.1) is 11.3 Å². The van der Waals surface area contributed by atoms with Crippen LogP contribution in [0.3, 0.4) is 0 Å². The number of rotatable bonds is 6. The molecule has 0 bridgehead atoms. The third kappa shape index (κ3) is 5.36. The van der Waals surface area contributed by atoms with Gasteiger partial charge in [0.1, 0.15) is 6.04 Å². The number of nitrogens with zero attached hydrogens (tertiary/aromatic N) is 1. The van der Waals surface area contributed by atoms with Crippen LogP contribution in [0.15, 0.2) is 72.1 Å². The van der Waals surface area contributed by atoms with E-state index in [1.54, 1.807) is 18.2 Å². The highest BCUT2D eigenvalue weighted by Crippen LogP contribution is 2.16. The van der Waals surface area contributed by atoms with Crippen LogP contribution in [0.5, 0.6) is 0 Å². The highest BCUT2D eigenvalue weighted by Gasteiger charge is 2.22. The number of thiazole rings is 1. The first-order chi connectivity index (χ1) is 13.1. The number of aromatic nitrogens is 1. The molecule has 0 aliphatic rings. The Bertz CT molecular complexity index is 936. The first kappa shape index (κ1) is 18.5. The molecule has 1 atom stereocenters. The molecule has 0 radical (unpaired) electrons. The lowest BCUT2D eigenvalue weighted by molar-refractivity contribution is -0.123. The number of carbonyl (C=O) groups is 2. The minimum Gasteiger partial charge on any atom is -0.337 e. The fraction of sp³-hybridized carbons (Fsp3) is 0.0952. The van der Waals surface area contributed by atoms with E-state index in [4.69, 9.17) is 0 Å². The average Bonchev–Trinajstić information content (AvgIpc) is 3.11. The summed E-state index contributed by atoms with van der Waals surface area (Å²) in [5.74, 6) is -0.670. The lowest BCUT2D eigenvalue weighted by Gasteiger charge is -2.18. The van der Waals surface area contributed by atoms with Crippen molar-refractivity contribution in [1.82, 2.24) is 10.3 Å². The largest absolute Gasteiger partial charge is 0.337 e. The Morgan fingerprint density at radius 1 is 1.04 bits per heavy atom. The average molecular weight is 377 g/mol. The SMILES string of the molecule is Cc1nc(/C=C/C(=O)NC(C(=O)Nc2ccccc2)c2ccccc2)cs1. The highest BCUT2D eigenvalue weighted by molar-refractivity contribution is 7.09. The van der Waals surface area contributed by atoms with Crippen molar-refractivity contribution in [1.29, 1.82) is 0 Å². The van der Waals surface area contributed by atoms with Crippen molar-refractivity contribution < 1.29 is 9.59 Å². The van der Waals surface area contributed by atoms with Gasteiger partial charge in [-0.3, -0.25) is 9.59 Å². The summed E-state index contributed by atoms with van der Waals surface area (Å²) >= 11 is 1.51. The molecule has 0 saturated carbocycles. The second kappa shape index (κ2) is 8.91. The van der Waals surface area contributed by atoms with E-state index >= 15 is 0 Å². The third-order valence-corrected chi connectivity index (χ3v) is 4.56. The van der Waals surface area contributed by atoms with Gasteiger partial charge in [-0.1, -0.05) is 48.5 Å². The van der Waals surface area contributed by atoms with Gasteiger partial charge in [-0.05, 0) is 30.7 Å². The Morgan fingerprint density at radius 3 is 2.33 bits per heavy atom. The van der Waals surface area contributed by atoms with Gasteiger partial charge in [-0.2, -0.15) is 0 Å². The molecule has 0 aliphatic carbocycles. The maximum Gasteiger partial charge on any atom is 0.251 e. The Kier molecular flexibility index (Phi) is 6.12. The summed E-state index contributed by atoms with van der Waals surface area (Å²) in [4.78, 5) is 29.4. The number of aryl methyl sites for hydroxylation is 1. The Balaban J connectivity index is 1.74. The number of nitrogens with one attached hydrogen (secondary N) is 2. The van der Waals surface area contributed by atoms with Crippen molar-refractivity contribution in [3.05, 3.63) is 88.4 Å². The van der Waals surface area contributed by atoms with Crippen LogP contribution < -0.4 is 10.6 Å². The first-order valence-electron chi connectivity index (χ1n) is 8.43. The van der Waals surface area contributed by atoms with E-state index in [0.717, 1.165) is 10.7 Å². The smallest absolute Gasteiger partial charge is 0.251 e. The number of benzene rings is 2. The number of para-hydroxylation sites is 1. The fourth-order valence-corrected chi connectivity index (χ4v) is 3.07. The second-order valence-electron chi connectivity index (χ2n) is 5.83. The van der Waals surface area contributed by atoms with Crippen molar-refractivity contribution in [2.24, 2.45) is 0 Å². The lowest BCUT2D eigenvalue weighted by atomic mass is 10.1. The molecular weight excluding hydrogens is 358 g/mol. The van der Waals surface area contributed by atoms with Crippen LogP contribution in [-0.2, 0) is 9.59 Å². The minimum atomic E-state index is -0.805. The lowest BCUT2D eigenvalue weighted by Crippen LogP contribution is -2.36. The van der Waals surface area contributed by atoms with Gasteiger partial charge >= 0.3 is 0 Å². The minimum absolute atomic E-state index is 0.307. The fourth-order valence-electron chi connectivity index (χ4n) is 2.49.